The van der Waals surface area contributed by atoms with Crippen LogP contribution < -0.4 is 0 Å². The molecule has 0 aliphatic rings. The first kappa shape index (κ1) is 11.7. The zero-order chi connectivity index (χ0) is 14.2. The second-order valence-electron chi connectivity index (χ2n) is 4.69. The Balaban J connectivity index is 1.94. The van der Waals surface area contributed by atoms with Crippen molar-refractivity contribution in [3.8, 4) is 17.1 Å². The number of rotatable bonds is 1. The Bertz CT molecular complexity index is 951. The van der Waals surface area contributed by atoms with Crippen molar-refractivity contribution in [2.24, 2.45) is 0 Å². The van der Waals surface area contributed by atoms with Gasteiger partial charge in [-0.05, 0) is 30.3 Å². The van der Waals surface area contributed by atoms with Gasteiger partial charge in [0.15, 0.2) is 5.82 Å². The average Bonchev–Trinajstić information content (AvgIpc) is 2.55. The number of hydrogen-bond acceptors (Lipinski definition) is 5. The van der Waals surface area contributed by atoms with Gasteiger partial charge in [-0.2, -0.15) is 0 Å². The monoisotopic (exact) mass is 274 g/mol. The van der Waals surface area contributed by atoms with Gasteiger partial charge in [-0.25, -0.2) is 4.98 Å². The van der Waals surface area contributed by atoms with E-state index >= 15 is 0 Å². The molecule has 0 atom stereocenters. The van der Waals surface area contributed by atoms with Crippen molar-refractivity contribution in [1.82, 2.24) is 20.2 Å². The van der Waals surface area contributed by atoms with Crippen LogP contribution in [0.2, 0.25) is 0 Å². The van der Waals surface area contributed by atoms with E-state index in [1.54, 1.807) is 30.5 Å². The Morgan fingerprint density at radius 2 is 1.62 bits per heavy atom. The molecule has 4 rings (SSSR count). The fourth-order valence-electron chi connectivity index (χ4n) is 2.27. The zero-order valence-electron chi connectivity index (χ0n) is 10.9. The lowest BCUT2D eigenvalue weighted by Crippen LogP contribution is -1.95. The van der Waals surface area contributed by atoms with E-state index in [9.17, 15) is 5.11 Å². The molecule has 0 aliphatic heterocycles. The van der Waals surface area contributed by atoms with E-state index in [0.717, 1.165) is 22.0 Å². The van der Waals surface area contributed by atoms with Crippen LogP contribution in [0.4, 0.5) is 0 Å². The van der Waals surface area contributed by atoms with Crippen molar-refractivity contribution in [3.05, 3.63) is 54.7 Å². The summed E-state index contributed by atoms with van der Waals surface area (Å²) in [4.78, 5) is 8.90. The highest BCUT2D eigenvalue weighted by Gasteiger charge is 2.08. The van der Waals surface area contributed by atoms with Crippen molar-refractivity contribution >= 4 is 21.9 Å². The van der Waals surface area contributed by atoms with Gasteiger partial charge in [0, 0.05) is 10.9 Å². The molecule has 4 aromatic rings. The third kappa shape index (κ3) is 1.95. The van der Waals surface area contributed by atoms with Crippen LogP contribution in [0.25, 0.3) is 33.3 Å². The van der Waals surface area contributed by atoms with E-state index in [2.05, 4.69) is 20.2 Å². The quantitative estimate of drug-likeness (QED) is 0.540. The molecule has 0 fully saturated rings. The number of phenols is 1. The van der Waals surface area contributed by atoms with Gasteiger partial charge in [0.1, 0.15) is 16.8 Å². The molecule has 0 amide bonds. The number of para-hydroxylation sites is 1. The number of pyridine rings is 1. The van der Waals surface area contributed by atoms with Crippen molar-refractivity contribution in [2.45, 2.75) is 0 Å². The number of aromatic hydroxyl groups is 1. The maximum atomic E-state index is 9.33. The van der Waals surface area contributed by atoms with E-state index < -0.39 is 0 Å². The van der Waals surface area contributed by atoms with Gasteiger partial charge in [-0.1, -0.05) is 18.2 Å². The highest BCUT2D eigenvalue weighted by molar-refractivity contribution is 6.01. The third-order valence-corrected chi connectivity index (χ3v) is 3.32. The lowest BCUT2D eigenvalue weighted by molar-refractivity contribution is 0.475. The molecule has 1 N–H and O–H groups in total. The second-order valence-corrected chi connectivity index (χ2v) is 4.69. The van der Waals surface area contributed by atoms with Gasteiger partial charge < -0.3 is 5.11 Å². The molecule has 21 heavy (non-hydrogen) atoms. The molecule has 0 bridgehead atoms. The summed E-state index contributed by atoms with van der Waals surface area (Å²) in [6, 6.07) is 14.5. The molecule has 0 saturated heterocycles. The fraction of sp³-hybridized carbons (Fsp3) is 0. The summed E-state index contributed by atoms with van der Waals surface area (Å²) in [5.41, 5.74) is 3.11. The fourth-order valence-corrected chi connectivity index (χ4v) is 2.27. The van der Waals surface area contributed by atoms with Gasteiger partial charge in [0.2, 0.25) is 0 Å². The van der Waals surface area contributed by atoms with E-state index in [1.807, 2.05) is 24.3 Å². The minimum absolute atomic E-state index is 0.208. The molecule has 0 saturated carbocycles. The zero-order valence-corrected chi connectivity index (χ0v) is 10.9. The van der Waals surface area contributed by atoms with Crippen LogP contribution >= 0.6 is 0 Å². The summed E-state index contributed by atoms with van der Waals surface area (Å²) in [6.07, 6.45) is 1.70. The summed E-state index contributed by atoms with van der Waals surface area (Å²) in [7, 11) is 0. The van der Waals surface area contributed by atoms with Crippen molar-refractivity contribution in [1.29, 1.82) is 0 Å². The minimum atomic E-state index is 0.208. The predicted molar refractivity (Wildman–Crippen MR) is 79.7 cm³/mol. The first-order valence-electron chi connectivity index (χ1n) is 6.49. The molecule has 2 aromatic heterocycles. The first-order chi connectivity index (χ1) is 10.3. The Kier molecular flexibility index (Phi) is 2.50. The van der Waals surface area contributed by atoms with Gasteiger partial charge in [-0.3, -0.25) is 4.98 Å². The summed E-state index contributed by atoms with van der Waals surface area (Å²) >= 11 is 0. The average molecular weight is 274 g/mol. The smallest absolute Gasteiger partial charge is 0.182 e. The van der Waals surface area contributed by atoms with E-state index in [0.29, 0.717) is 11.3 Å². The normalized spacial score (nSPS) is 11.0. The van der Waals surface area contributed by atoms with Crippen LogP contribution in [0.5, 0.6) is 5.75 Å². The van der Waals surface area contributed by atoms with Crippen LogP contribution in [0.1, 0.15) is 0 Å². The Morgan fingerprint density at radius 3 is 2.48 bits per heavy atom. The summed E-state index contributed by atoms with van der Waals surface area (Å²) < 4.78 is 0. The van der Waals surface area contributed by atoms with E-state index in [1.165, 1.54) is 0 Å². The molecule has 5 nitrogen and oxygen atoms in total. The maximum Gasteiger partial charge on any atom is 0.182 e. The molecular weight excluding hydrogens is 264 g/mol. The Hall–Kier alpha value is -3.08. The molecule has 0 unspecified atom stereocenters. The number of phenolic OH excluding ortho intramolecular Hbond substituents is 1. The van der Waals surface area contributed by atoms with Gasteiger partial charge in [0.25, 0.3) is 0 Å². The topological polar surface area (TPSA) is 71.8 Å². The largest absolute Gasteiger partial charge is 0.508 e. The van der Waals surface area contributed by atoms with Crippen molar-refractivity contribution in [3.63, 3.8) is 0 Å². The van der Waals surface area contributed by atoms with Gasteiger partial charge >= 0.3 is 0 Å². The highest BCUT2D eigenvalue weighted by Crippen LogP contribution is 2.23. The molecule has 2 aromatic carbocycles. The minimum Gasteiger partial charge on any atom is -0.508 e. The number of aromatic nitrogens is 4. The Morgan fingerprint density at radius 1 is 0.810 bits per heavy atom. The molecular formula is C16H10N4O. The number of benzene rings is 2. The number of hydrogen-bond donors (Lipinski definition) is 1. The van der Waals surface area contributed by atoms with Gasteiger partial charge in [0.05, 0.1) is 11.7 Å². The van der Waals surface area contributed by atoms with Crippen LogP contribution in [0, 0.1) is 0 Å². The van der Waals surface area contributed by atoms with Crippen LogP contribution in [-0.4, -0.2) is 25.3 Å². The predicted octanol–water partition coefficient (Wildman–Crippen LogP) is 2.95. The van der Waals surface area contributed by atoms with E-state index in [4.69, 9.17) is 0 Å². The molecule has 0 aliphatic carbocycles. The third-order valence-electron chi connectivity index (χ3n) is 3.32. The lowest BCUT2D eigenvalue weighted by atomic mass is 10.2. The van der Waals surface area contributed by atoms with Crippen molar-refractivity contribution < 1.29 is 5.11 Å². The molecule has 0 spiro atoms. The summed E-state index contributed by atoms with van der Waals surface area (Å²) in [5.74, 6) is 0.722. The van der Waals surface area contributed by atoms with Crippen LogP contribution in [0.15, 0.2) is 54.7 Å². The van der Waals surface area contributed by atoms with Gasteiger partial charge in [-0.15, -0.1) is 10.2 Å². The van der Waals surface area contributed by atoms with Crippen LogP contribution in [-0.2, 0) is 0 Å². The Labute approximate surface area is 119 Å². The molecule has 5 heteroatoms. The number of fused-ring (bicyclic) bond motifs is 3. The molecule has 0 radical (unpaired) electrons. The van der Waals surface area contributed by atoms with Crippen LogP contribution in [0.3, 0.4) is 0 Å². The standard InChI is InChI=1S/C16H10N4O/c21-11-7-5-10(6-8-11)16-18-14-9-17-13-4-2-1-3-12(13)15(14)19-20-16/h1-9,21H. The highest BCUT2D eigenvalue weighted by atomic mass is 16.3. The second kappa shape index (κ2) is 4.49. The lowest BCUT2D eigenvalue weighted by Gasteiger charge is -2.03. The number of nitrogens with zero attached hydrogens (tertiary/aromatic N) is 4. The van der Waals surface area contributed by atoms with E-state index in [-0.39, 0.29) is 5.75 Å². The first-order valence-corrected chi connectivity index (χ1v) is 6.49. The van der Waals surface area contributed by atoms with Crippen molar-refractivity contribution in [2.75, 3.05) is 0 Å². The maximum absolute atomic E-state index is 9.33. The molecule has 100 valence electrons. The summed E-state index contributed by atoms with van der Waals surface area (Å²) in [5, 5.41) is 18.7. The summed E-state index contributed by atoms with van der Waals surface area (Å²) in [6.45, 7) is 0. The molecule has 2 heterocycles. The SMILES string of the molecule is Oc1ccc(-c2nnc3c(cnc4ccccc43)n2)cc1.